The summed E-state index contributed by atoms with van der Waals surface area (Å²) in [6, 6.07) is 0. The standard InChI is InChI=1S/C39H76/c1-5-8-11-13-15-17-18-19-20-21-22-23-24-25-26-28-30-33-36-39(37-38(4)34-31-10-7-3)35-32-29-27-16-14-12-9-6-2/h15,17,19-20,38-39H,5-14,16,18,21-37H2,1-4H3/b17-15-,20-19-. The smallest absolute Gasteiger partial charge is 0.0169 e. The van der Waals surface area contributed by atoms with Gasteiger partial charge in [-0.1, -0.05) is 200 Å². The third-order valence-electron chi connectivity index (χ3n) is 8.82. The summed E-state index contributed by atoms with van der Waals surface area (Å²) in [4.78, 5) is 0. The van der Waals surface area contributed by atoms with Crippen LogP contribution in [0.1, 0.15) is 214 Å². The van der Waals surface area contributed by atoms with Crippen LogP contribution in [0.5, 0.6) is 0 Å². The van der Waals surface area contributed by atoms with Crippen LogP contribution >= 0.6 is 0 Å². The largest absolute Gasteiger partial charge is 0.0882 e. The van der Waals surface area contributed by atoms with E-state index in [0.717, 1.165) is 18.3 Å². The normalized spacial score (nSPS) is 13.6. The molecule has 0 aromatic rings. The molecule has 0 amide bonds. The summed E-state index contributed by atoms with van der Waals surface area (Å²) in [7, 11) is 0. The number of allylic oxidation sites excluding steroid dienone is 4. The molecule has 0 aliphatic rings. The van der Waals surface area contributed by atoms with Gasteiger partial charge in [0, 0.05) is 0 Å². The highest BCUT2D eigenvalue weighted by molar-refractivity contribution is 4.92. The van der Waals surface area contributed by atoms with E-state index in [1.807, 2.05) is 0 Å². The second-order valence-electron chi connectivity index (χ2n) is 13.0. The zero-order valence-electron chi connectivity index (χ0n) is 28.0. The molecule has 0 aromatic heterocycles. The number of hydrogen-bond donors (Lipinski definition) is 0. The first kappa shape index (κ1) is 38.5. The van der Waals surface area contributed by atoms with Crippen LogP contribution in [0.25, 0.3) is 0 Å². The summed E-state index contributed by atoms with van der Waals surface area (Å²) in [5, 5.41) is 0. The highest BCUT2D eigenvalue weighted by Crippen LogP contribution is 2.28. The fraction of sp³-hybridized carbons (Fsp3) is 0.897. The van der Waals surface area contributed by atoms with Crippen molar-refractivity contribution in [1.29, 1.82) is 0 Å². The van der Waals surface area contributed by atoms with Gasteiger partial charge < -0.3 is 0 Å². The van der Waals surface area contributed by atoms with Gasteiger partial charge in [0.05, 0.1) is 0 Å². The average molecular weight is 545 g/mol. The first-order valence-electron chi connectivity index (χ1n) is 18.5. The van der Waals surface area contributed by atoms with E-state index in [1.165, 1.54) is 180 Å². The minimum Gasteiger partial charge on any atom is -0.0882 e. The van der Waals surface area contributed by atoms with Crippen molar-refractivity contribution in [2.75, 3.05) is 0 Å². The molecule has 0 aliphatic carbocycles. The van der Waals surface area contributed by atoms with Crippen molar-refractivity contribution >= 4 is 0 Å². The average Bonchev–Trinajstić information content (AvgIpc) is 2.93. The molecule has 0 N–H and O–H groups in total. The van der Waals surface area contributed by atoms with Gasteiger partial charge in [-0.05, 0) is 50.4 Å². The van der Waals surface area contributed by atoms with Gasteiger partial charge in [-0.2, -0.15) is 0 Å². The summed E-state index contributed by atoms with van der Waals surface area (Å²) < 4.78 is 0. The Hall–Kier alpha value is -0.520. The number of hydrogen-bond acceptors (Lipinski definition) is 0. The second-order valence-corrected chi connectivity index (χ2v) is 13.0. The molecule has 0 fully saturated rings. The van der Waals surface area contributed by atoms with Crippen LogP contribution in [0.15, 0.2) is 24.3 Å². The van der Waals surface area contributed by atoms with Gasteiger partial charge in [0.1, 0.15) is 0 Å². The topological polar surface area (TPSA) is 0 Å². The van der Waals surface area contributed by atoms with Crippen LogP contribution in [-0.4, -0.2) is 0 Å². The van der Waals surface area contributed by atoms with Gasteiger partial charge >= 0.3 is 0 Å². The molecule has 0 rings (SSSR count). The molecule has 0 saturated heterocycles. The van der Waals surface area contributed by atoms with Crippen molar-refractivity contribution in [1.82, 2.24) is 0 Å². The van der Waals surface area contributed by atoms with E-state index in [1.54, 1.807) is 0 Å². The molecule has 0 bridgehead atoms. The van der Waals surface area contributed by atoms with Crippen molar-refractivity contribution in [3.05, 3.63) is 24.3 Å². The monoisotopic (exact) mass is 545 g/mol. The van der Waals surface area contributed by atoms with Crippen molar-refractivity contribution in [3.8, 4) is 0 Å². The van der Waals surface area contributed by atoms with Gasteiger partial charge in [0.25, 0.3) is 0 Å². The van der Waals surface area contributed by atoms with Crippen LogP contribution in [0.3, 0.4) is 0 Å². The summed E-state index contributed by atoms with van der Waals surface area (Å²) in [5.41, 5.74) is 0. The van der Waals surface area contributed by atoms with Crippen LogP contribution in [0.4, 0.5) is 0 Å². The predicted octanol–water partition coefficient (Wildman–Crippen LogP) is 14.7. The third kappa shape index (κ3) is 31.9. The first-order valence-corrected chi connectivity index (χ1v) is 18.5. The molecule has 0 aromatic carbocycles. The van der Waals surface area contributed by atoms with E-state index in [-0.39, 0.29) is 0 Å². The molecule has 2 atom stereocenters. The fourth-order valence-electron chi connectivity index (χ4n) is 6.15. The van der Waals surface area contributed by atoms with E-state index >= 15 is 0 Å². The van der Waals surface area contributed by atoms with Crippen LogP contribution in [-0.2, 0) is 0 Å². The minimum absolute atomic E-state index is 0.942. The van der Waals surface area contributed by atoms with Crippen molar-refractivity contribution < 1.29 is 0 Å². The minimum atomic E-state index is 0.942. The highest BCUT2D eigenvalue weighted by Gasteiger charge is 2.13. The Kier molecular flexibility index (Phi) is 33.2. The molecular weight excluding hydrogens is 468 g/mol. The lowest BCUT2D eigenvalue weighted by Gasteiger charge is -2.21. The molecule has 39 heavy (non-hydrogen) atoms. The molecule has 0 radical (unpaired) electrons. The van der Waals surface area contributed by atoms with E-state index < -0.39 is 0 Å². The Labute approximate surface area is 249 Å². The maximum absolute atomic E-state index is 2.54. The second kappa shape index (κ2) is 33.7. The Balaban J connectivity index is 3.82. The molecular formula is C39H76. The maximum atomic E-state index is 2.54. The van der Waals surface area contributed by atoms with Crippen LogP contribution < -0.4 is 0 Å². The van der Waals surface area contributed by atoms with E-state index in [4.69, 9.17) is 0 Å². The Bertz CT molecular complexity index is 486. The third-order valence-corrected chi connectivity index (χ3v) is 8.82. The van der Waals surface area contributed by atoms with Crippen molar-refractivity contribution in [3.63, 3.8) is 0 Å². The van der Waals surface area contributed by atoms with Gasteiger partial charge in [0.2, 0.25) is 0 Å². The van der Waals surface area contributed by atoms with Gasteiger partial charge in [-0.3, -0.25) is 0 Å². The van der Waals surface area contributed by atoms with E-state index in [9.17, 15) is 0 Å². The zero-order valence-corrected chi connectivity index (χ0v) is 28.0. The lowest BCUT2D eigenvalue weighted by molar-refractivity contribution is 0.313. The lowest BCUT2D eigenvalue weighted by Crippen LogP contribution is -2.07. The van der Waals surface area contributed by atoms with E-state index in [2.05, 4.69) is 52.0 Å². The molecule has 232 valence electrons. The molecule has 0 aliphatic heterocycles. The number of rotatable bonds is 32. The molecule has 2 unspecified atom stereocenters. The van der Waals surface area contributed by atoms with Gasteiger partial charge in [-0.25, -0.2) is 0 Å². The summed E-state index contributed by atoms with van der Waals surface area (Å²) in [6.07, 6.45) is 50.7. The molecule has 0 spiro atoms. The van der Waals surface area contributed by atoms with E-state index in [0.29, 0.717) is 0 Å². The van der Waals surface area contributed by atoms with Gasteiger partial charge in [0.15, 0.2) is 0 Å². The Morgan fingerprint density at radius 3 is 1.26 bits per heavy atom. The maximum Gasteiger partial charge on any atom is -0.0169 e. The van der Waals surface area contributed by atoms with Gasteiger partial charge in [-0.15, -0.1) is 0 Å². The zero-order chi connectivity index (χ0) is 28.5. The quantitative estimate of drug-likeness (QED) is 0.0583. The SMILES string of the molecule is CCCCC/C=C\C/C=C\CCCCCCCCCCC(CCCCCCCCCC)CC(C)CCCCC. The first-order chi connectivity index (χ1) is 19.2. The van der Waals surface area contributed by atoms with Crippen LogP contribution in [0.2, 0.25) is 0 Å². The molecule has 0 saturated carbocycles. The molecule has 0 heteroatoms. The van der Waals surface area contributed by atoms with Crippen LogP contribution in [0, 0.1) is 11.8 Å². The predicted molar refractivity (Wildman–Crippen MR) is 182 cm³/mol. The van der Waals surface area contributed by atoms with Crippen molar-refractivity contribution in [2.45, 2.75) is 214 Å². The Morgan fingerprint density at radius 2 is 0.744 bits per heavy atom. The summed E-state index contributed by atoms with van der Waals surface area (Å²) >= 11 is 0. The molecule has 0 heterocycles. The summed E-state index contributed by atoms with van der Waals surface area (Å²) in [6.45, 7) is 9.47. The Morgan fingerprint density at radius 1 is 0.385 bits per heavy atom. The highest BCUT2D eigenvalue weighted by atomic mass is 14.2. The number of unbranched alkanes of at least 4 members (excludes halogenated alkanes) is 20. The lowest BCUT2D eigenvalue weighted by atomic mass is 9.85. The summed E-state index contributed by atoms with van der Waals surface area (Å²) in [5.74, 6) is 1.95. The van der Waals surface area contributed by atoms with Crippen molar-refractivity contribution in [2.24, 2.45) is 11.8 Å². The molecule has 0 nitrogen and oxygen atoms in total. The fourth-order valence-corrected chi connectivity index (χ4v) is 6.15.